The quantitative estimate of drug-likeness (QED) is 0.507. The number of carbonyl (C=O) groups excluding carboxylic acids is 2. The van der Waals surface area contributed by atoms with E-state index in [9.17, 15) is 9.59 Å². The molecule has 0 unspecified atom stereocenters. The summed E-state index contributed by atoms with van der Waals surface area (Å²) in [6.07, 6.45) is 3.89. The van der Waals surface area contributed by atoms with Crippen LogP contribution >= 0.6 is 11.6 Å². The van der Waals surface area contributed by atoms with Crippen molar-refractivity contribution in [3.05, 3.63) is 58.6 Å². The number of benzene rings is 2. The van der Waals surface area contributed by atoms with Gasteiger partial charge in [0.05, 0.1) is 18.7 Å². The Hall–Kier alpha value is -2.99. The normalized spacial score (nSPS) is 10.7. The Morgan fingerprint density at radius 3 is 2.52 bits per heavy atom. The number of ether oxygens (including phenoxy) is 2. The van der Waals surface area contributed by atoms with Crippen molar-refractivity contribution in [2.75, 3.05) is 32.1 Å². The third-order valence-corrected chi connectivity index (χ3v) is 4.84. The second kappa shape index (κ2) is 12.0. The summed E-state index contributed by atoms with van der Waals surface area (Å²) in [5, 5.41) is 3.19. The molecule has 7 heteroatoms. The largest absolute Gasteiger partial charge is 0.493 e. The summed E-state index contributed by atoms with van der Waals surface area (Å²) >= 11 is 6.32. The molecule has 0 saturated heterocycles. The molecule has 0 aliphatic heterocycles. The minimum absolute atomic E-state index is 0.0660. The summed E-state index contributed by atoms with van der Waals surface area (Å²) in [4.78, 5) is 26.6. The first-order valence-corrected chi connectivity index (χ1v) is 10.7. The predicted octanol–water partition coefficient (Wildman–Crippen LogP) is 5.27. The zero-order valence-electron chi connectivity index (χ0n) is 18.4. The van der Waals surface area contributed by atoms with E-state index >= 15 is 0 Å². The van der Waals surface area contributed by atoms with Gasteiger partial charge in [-0.3, -0.25) is 9.59 Å². The summed E-state index contributed by atoms with van der Waals surface area (Å²) in [6, 6.07) is 10.4. The van der Waals surface area contributed by atoms with E-state index in [1.165, 1.54) is 13.2 Å². The SMILES string of the molecule is CCCOc1c(Cl)cc(/C=C/C(=O)Nc2cccc(C(=O)N(CC)CC)c2)cc1OC. The fourth-order valence-corrected chi connectivity index (χ4v) is 3.23. The maximum Gasteiger partial charge on any atom is 0.253 e. The molecule has 0 aliphatic rings. The molecule has 0 fully saturated rings. The van der Waals surface area contributed by atoms with Gasteiger partial charge in [0.25, 0.3) is 5.91 Å². The van der Waals surface area contributed by atoms with Gasteiger partial charge in [0.15, 0.2) is 11.5 Å². The van der Waals surface area contributed by atoms with Gasteiger partial charge >= 0.3 is 0 Å². The maximum absolute atomic E-state index is 12.5. The second-order valence-electron chi connectivity index (χ2n) is 6.76. The zero-order valence-corrected chi connectivity index (χ0v) is 19.2. The minimum atomic E-state index is -0.325. The zero-order chi connectivity index (χ0) is 22.8. The van der Waals surface area contributed by atoms with E-state index < -0.39 is 0 Å². The van der Waals surface area contributed by atoms with E-state index in [1.54, 1.807) is 47.4 Å². The van der Waals surface area contributed by atoms with Crippen LogP contribution in [0.4, 0.5) is 5.69 Å². The average molecular weight is 445 g/mol. The number of rotatable bonds is 10. The summed E-state index contributed by atoms with van der Waals surface area (Å²) in [7, 11) is 1.54. The molecule has 166 valence electrons. The molecule has 2 amide bonds. The van der Waals surface area contributed by atoms with Crippen molar-refractivity contribution >= 4 is 35.2 Å². The van der Waals surface area contributed by atoms with Crippen LogP contribution < -0.4 is 14.8 Å². The fraction of sp³-hybridized carbons (Fsp3) is 0.333. The molecule has 0 bridgehead atoms. The minimum Gasteiger partial charge on any atom is -0.493 e. The third kappa shape index (κ3) is 6.76. The van der Waals surface area contributed by atoms with Gasteiger partial charge in [0, 0.05) is 30.4 Å². The Bertz CT molecular complexity index is 939. The van der Waals surface area contributed by atoms with Crippen LogP contribution in [-0.2, 0) is 4.79 Å². The first-order chi connectivity index (χ1) is 14.9. The van der Waals surface area contributed by atoms with Crippen molar-refractivity contribution in [3.8, 4) is 11.5 Å². The number of hydrogen-bond donors (Lipinski definition) is 1. The lowest BCUT2D eigenvalue weighted by atomic mass is 10.1. The van der Waals surface area contributed by atoms with E-state index in [2.05, 4.69) is 5.32 Å². The van der Waals surface area contributed by atoms with E-state index in [0.29, 0.717) is 53.0 Å². The van der Waals surface area contributed by atoms with Crippen LogP contribution in [0, 0.1) is 0 Å². The van der Waals surface area contributed by atoms with Crippen LogP contribution in [-0.4, -0.2) is 43.5 Å². The second-order valence-corrected chi connectivity index (χ2v) is 7.17. The molecule has 0 radical (unpaired) electrons. The molecule has 6 nitrogen and oxygen atoms in total. The standard InChI is InChI=1S/C24H29ClN2O4/c1-5-13-31-23-20(25)14-17(15-21(23)30-4)11-12-22(28)26-19-10-8-9-18(16-19)24(29)27(6-2)7-3/h8-12,14-16H,5-7,13H2,1-4H3,(H,26,28)/b12-11+. The van der Waals surface area contributed by atoms with Crippen LogP contribution in [0.1, 0.15) is 43.1 Å². The molecule has 1 N–H and O–H groups in total. The number of carbonyl (C=O) groups is 2. The molecular formula is C24H29ClN2O4. The number of hydrogen-bond acceptors (Lipinski definition) is 4. The molecule has 0 heterocycles. The molecule has 0 spiro atoms. The highest BCUT2D eigenvalue weighted by molar-refractivity contribution is 6.32. The Balaban J connectivity index is 2.12. The predicted molar refractivity (Wildman–Crippen MR) is 125 cm³/mol. The summed E-state index contributed by atoms with van der Waals surface area (Å²) < 4.78 is 11.0. The topological polar surface area (TPSA) is 67.9 Å². The lowest BCUT2D eigenvalue weighted by molar-refractivity contribution is -0.111. The molecule has 0 aliphatic carbocycles. The fourth-order valence-electron chi connectivity index (χ4n) is 2.96. The van der Waals surface area contributed by atoms with Crippen LogP contribution in [0.3, 0.4) is 0 Å². The summed E-state index contributed by atoms with van der Waals surface area (Å²) in [5.41, 5.74) is 1.78. The number of nitrogens with zero attached hydrogens (tertiary/aromatic N) is 1. The Morgan fingerprint density at radius 1 is 1.13 bits per heavy atom. The molecule has 0 aromatic heterocycles. The molecular weight excluding hydrogens is 416 g/mol. The highest BCUT2D eigenvalue weighted by Gasteiger charge is 2.13. The van der Waals surface area contributed by atoms with Gasteiger partial charge in [-0.05, 0) is 62.2 Å². The van der Waals surface area contributed by atoms with Crippen molar-refractivity contribution in [1.82, 2.24) is 4.90 Å². The number of anilines is 1. The maximum atomic E-state index is 12.5. The van der Waals surface area contributed by atoms with Crippen molar-refractivity contribution in [3.63, 3.8) is 0 Å². The van der Waals surface area contributed by atoms with Crippen LogP contribution in [0.25, 0.3) is 6.08 Å². The van der Waals surface area contributed by atoms with Gasteiger partial charge in [-0.1, -0.05) is 24.6 Å². The lowest BCUT2D eigenvalue weighted by Crippen LogP contribution is -2.30. The molecule has 0 saturated carbocycles. The summed E-state index contributed by atoms with van der Waals surface area (Å²) in [5.74, 6) is 0.600. The first kappa shape index (κ1) is 24.3. The average Bonchev–Trinajstić information content (AvgIpc) is 2.77. The van der Waals surface area contributed by atoms with Gasteiger partial charge in [-0.15, -0.1) is 0 Å². The Kier molecular flexibility index (Phi) is 9.40. The molecule has 31 heavy (non-hydrogen) atoms. The number of amides is 2. The lowest BCUT2D eigenvalue weighted by Gasteiger charge is -2.18. The number of halogens is 1. The Morgan fingerprint density at radius 2 is 1.87 bits per heavy atom. The van der Waals surface area contributed by atoms with E-state index in [1.807, 2.05) is 20.8 Å². The van der Waals surface area contributed by atoms with Crippen molar-refractivity contribution in [2.24, 2.45) is 0 Å². The van der Waals surface area contributed by atoms with Crippen molar-refractivity contribution < 1.29 is 19.1 Å². The molecule has 2 rings (SSSR count). The van der Waals surface area contributed by atoms with Crippen LogP contribution in [0.15, 0.2) is 42.5 Å². The Labute approximate surface area is 188 Å². The molecule has 0 atom stereocenters. The van der Waals surface area contributed by atoms with Gasteiger partial charge in [-0.2, -0.15) is 0 Å². The van der Waals surface area contributed by atoms with E-state index in [0.717, 1.165) is 6.42 Å². The van der Waals surface area contributed by atoms with Gasteiger partial charge in [0.2, 0.25) is 5.91 Å². The van der Waals surface area contributed by atoms with E-state index in [4.69, 9.17) is 21.1 Å². The van der Waals surface area contributed by atoms with E-state index in [-0.39, 0.29) is 11.8 Å². The van der Waals surface area contributed by atoms with Crippen LogP contribution in [0.5, 0.6) is 11.5 Å². The number of methoxy groups -OCH3 is 1. The third-order valence-electron chi connectivity index (χ3n) is 4.56. The monoisotopic (exact) mass is 444 g/mol. The van der Waals surface area contributed by atoms with Gasteiger partial charge < -0.3 is 19.7 Å². The molecule has 2 aromatic carbocycles. The smallest absolute Gasteiger partial charge is 0.253 e. The molecule has 2 aromatic rings. The van der Waals surface area contributed by atoms with Gasteiger partial charge in [-0.25, -0.2) is 0 Å². The van der Waals surface area contributed by atoms with Crippen molar-refractivity contribution in [1.29, 1.82) is 0 Å². The number of nitrogens with one attached hydrogen (secondary N) is 1. The van der Waals surface area contributed by atoms with Gasteiger partial charge in [0.1, 0.15) is 0 Å². The summed E-state index contributed by atoms with van der Waals surface area (Å²) in [6.45, 7) is 7.66. The van der Waals surface area contributed by atoms with Crippen molar-refractivity contribution in [2.45, 2.75) is 27.2 Å². The first-order valence-electron chi connectivity index (χ1n) is 10.3. The highest BCUT2D eigenvalue weighted by Crippen LogP contribution is 2.36. The highest BCUT2D eigenvalue weighted by atomic mass is 35.5. The van der Waals surface area contributed by atoms with Crippen LogP contribution in [0.2, 0.25) is 5.02 Å².